The molecule has 1 unspecified atom stereocenters. The third-order valence-electron chi connectivity index (χ3n) is 6.39. The van der Waals surface area contributed by atoms with Gasteiger partial charge in [-0.3, -0.25) is 9.59 Å². The van der Waals surface area contributed by atoms with Crippen molar-refractivity contribution >= 4 is 33.2 Å². The van der Waals surface area contributed by atoms with Crippen LogP contribution in [0.1, 0.15) is 31.7 Å². The van der Waals surface area contributed by atoms with Gasteiger partial charge in [0, 0.05) is 36.4 Å². The van der Waals surface area contributed by atoms with Gasteiger partial charge in [-0.15, -0.1) is 0 Å². The molecule has 1 atom stereocenters. The second-order valence-electron chi connectivity index (χ2n) is 8.72. The lowest BCUT2D eigenvalue weighted by atomic mass is 9.84. The van der Waals surface area contributed by atoms with Crippen molar-refractivity contribution in [3.8, 4) is 5.75 Å². The average Bonchev–Trinajstić information content (AvgIpc) is 3.07. The summed E-state index contributed by atoms with van der Waals surface area (Å²) in [5.74, 6) is 0.345. The van der Waals surface area contributed by atoms with Crippen LogP contribution in [0.25, 0.3) is 0 Å². The Balaban J connectivity index is 1.47. The second kappa shape index (κ2) is 9.15. The number of hydrogen-bond acceptors (Lipinski definition) is 5. The number of sulfonamides is 1. The zero-order valence-electron chi connectivity index (χ0n) is 19.1. The summed E-state index contributed by atoms with van der Waals surface area (Å²) in [6.45, 7) is 1.65. The number of methoxy groups -OCH3 is 1. The zero-order chi connectivity index (χ0) is 23.8. The van der Waals surface area contributed by atoms with Gasteiger partial charge in [0.15, 0.2) is 0 Å². The van der Waals surface area contributed by atoms with Crippen LogP contribution in [0.5, 0.6) is 5.75 Å². The van der Waals surface area contributed by atoms with E-state index in [-0.39, 0.29) is 29.3 Å². The highest BCUT2D eigenvalue weighted by atomic mass is 32.2. The number of likely N-dealkylation sites (N-methyl/N-ethyl adjacent to an activating group) is 1. The van der Waals surface area contributed by atoms with Crippen molar-refractivity contribution < 1.29 is 22.7 Å². The molecule has 2 aromatic carbocycles. The van der Waals surface area contributed by atoms with Crippen LogP contribution < -0.4 is 15.0 Å². The number of hydrogen-bond donors (Lipinski definition) is 1. The van der Waals surface area contributed by atoms with Gasteiger partial charge >= 0.3 is 0 Å². The van der Waals surface area contributed by atoms with E-state index in [2.05, 4.69) is 5.32 Å². The molecule has 1 N–H and O–H groups in total. The van der Waals surface area contributed by atoms with Crippen LogP contribution in [0, 0.1) is 5.92 Å². The molecule has 0 radical (unpaired) electrons. The van der Waals surface area contributed by atoms with E-state index < -0.39 is 15.9 Å². The number of nitrogens with zero attached hydrogens (tertiary/aromatic N) is 2. The number of ether oxygens (including phenoxy) is 1. The molecule has 0 saturated heterocycles. The number of nitrogens with one attached hydrogen (secondary N) is 1. The molecule has 33 heavy (non-hydrogen) atoms. The Hall–Kier alpha value is -2.91. The molecule has 2 aromatic rings. The van der Waals surface area contributed by atoms with Gasteiger partial charge in [-0.2, -0.15) is 4.31 Å². The second-order valence-corrected chi connectivity index (χ2v) is 10.8. The van der Waals surface area contributed by atoms with Gasteiger partial charge in [0.05, 0.1) is 18.6 Å². The predicted octanol–water partition coefficient (Wildman–Crippen LogP) is 3.03. The summed E-state index contributed by atoms with van der Waals surface area (Å²) in [7, 11) is -0.975. The van der Waals surface area contributed by atoms with Crippen LogP contribution in [-0.4, -0.2) is 51.3 Å². The first-order chi connectivity index (χ1) is 15.7. The van der Waals surface area contributed by atoms with Crippen molar-refractivity contribution in [3.63, 3.8) is 0 Å². The first kappa shape index (κ1) is 23.3. The molecule has 0 bridgehead atoms. The van der Waals surface area contributed by atoms with Crippen molar-refractivity contribution in [1.82, 2.24) is 4.31 Å². The molecule has 1 aliphatic carbocycles. The Kier molecular flexibility index (Phi) is 6.45. The van der Waals surface area contributed by atoms with Crippen LogP contribution in [0.15, 0.2) is 47.4 Å². The number of amides is 2. The molecule has 1 heterocycles. The van der Waals surface area contributed by atoms with Gasteiger partial charge in [0.2, 0.25) is 21.8 Å². The number of benzene rings is 2. The fourth-order valence-corrected chi connectivity index (χ4v) is 5.50. The summed E-state index contributed by atoms with van der Waals surface area (Å²) < 4.78 is 32.4. The highest BCUT2D eigenvalue weighted by molar-refractivity contribution is 7.89. The Labute approximate surface area is 194 Å². The minimum Gasteiger partial charge on any atom is -0.497 e. The highest BCUT2D eigenvalue weighted by Crippen LogP contribution is 2.38. The summed E-state index contributed by atoms with van der Waals surface area (Å²) >= 11 is 0. The molecule has 1 saturated carbocycles. The molecule has 9 heteroatoms. The molecule has 8 nitrogen and oxygen atoms in total. The maximum Gasteiger partial charge on any atom is 0.243 e. The molecule has 1 fully saturated rings. The highest BCUT2D eigenvalue weighted by Gasteiger charge is 2.37. The maximum atomic E-state index is 13.1. The smallest absolute Gasteiger partial charge is 0.243 e. The summed E-state index contributed by atoms with van der Waals surface area (Å²) in [4.78, 5) is 27.2. The first-order valence-electron chi connectivity index (χ1n) is 11.1. The molecule has 1 aliphatic heterocycles. The monoisotopic (exact) mass is 471 g/mol. The van der Waals surface area contributed by atoms with Gasteiger partial charge in [0.1, 0.15) is 5.75 Å². The summed E-state index contributed by atoms with van der Waals surface area (Å²) in [5, 5.41) is 2.69. The number of fused-ring (bicyclic) bond motifs is 1. The Morgan fingerprint density at radius 2 is 1.94 bits per heavy atom. The quantitative estimate of drug-likeness (QED) is 0.670. The van der Waals surface area contributed by atoms with E-state index in [1.54, 1.807) is 36.4 Å². The molecule has 4 rings (SSSR count). The SMILES string of the molecule is COc1cccc(NC(=O)CN(C)S(=O)(=O)c2ccc3c(c2)CC(C)N3C(=O)C2CCC2)c1. The van der Waals surface area contributed by atoms with Gasteiger partial charge < -0.3 is 15.0 Å². The minimum atomic E-state index is -3.88. The van der Waals surface area contributed by atoms with Crippen LogP contribution in [0.2, 0.25) is 0 Å². The fourth-order valence-electron chi connectivity index (χ4n) is 4.32. The number of carbonyl (C=O) groups excluding carboxylic acids is 2. The maximum absolute atomic E-state index is 13.1. The van der Waals surface area contributed by atoms with Crippen molar-refractivity contribution in [2.24, 2.45) is 5.92 Å². The normalized spacial score (nSPS) is 18.1. The van der Waals surface area contributed by atoms with E-state index in [4.69, 9.17) is 4.74 Å². The standard InChI is InChI=1S/C24H29N3O5S/c1-16-12-18-13-21(10-11-22(18)27(16)24(29)17-6-4-7-17)33(30,31)26(2)15-23(28)25-19-8-5-9-20(14-19)32-3/h5,8-11,13-14,16-17H,4,6-7,12,15H2,1-3H3,(H,25,28). The fraction of sp³-hybridized carbons (Fsp3) is 0.417. The van der Waals surface area contributed by atoms with Gasteiger partial charge in [-0.25, -0.2) is 8.42 Å². The molecule has 2 aliphatic rings. The third-order valence-corrected chi connectivity index (χ3v) is 8.19. The van der Waals surface area contributed by atoms with Gasteiger partial charge in [0.25, 0.3) is 0 Å². The molecule has 176 valence electrons. The summed E-state index contributed by atoms with van der Waals surface area (Å²) in [6, 6.07) is 11.7. The Morgan fingerprint density at radius 1 is 1.18 bits per heavy atom. The van der Waals surface area contributed by atoms with Crippen LogP contribution in [0.3, 0.4) is 0 Å². The van der Waals surface area contributed by atoms with Crippen LogP contribution in [-0.2, 0) is 26.0 Å². The van der Waals surface area contributed by atoms with Crippen molar-refractivity contribution in [1.29, 1.82) is 0 Å². The molecule has 0 spiro atoms. The minimum absolute atomic E-state index is 0.00238. The molecule has 2 amide bonds. The van der Waals surface area contributed by atoms with Crippen molar-refractivity contribution in [2.45, 2.75) is 43.5 Å². The van der Waals surface area contributed by atoms with Crippen LogP contribution in [0.4, 0.5) is 11.4 Å². The largest absolute Gasteiger partial charge is 0.497 e. The lowest BCUT2D eigenvalue weighted by Crippen LogP contribution is -2.42. The zero-order valence-corrected chi connectivity index (χ0v) is 19.9. The van der Waals surface area contributed by atoms with E-state index in [1.165, 1.54) is 20.2 Å². The Morgan fingerprint density at radius 3 is 2.61 bits per heavy atom. The van der Waals surface area contributed by atoms with Crippen molar-refractivity contribution in [2.75, 3.05) is 30.9 Å². The average molecular weight is 472 g/mol. The van der Waals surface area contributed by atoms with Crippen molar-refractivity contribution in [3.05, 3.63) is 48.0 Å². The molecular formula is C24H29N3O5S. The van der Waals surface area contributed by atoms with Gasteiger partial charge in [-0.1, -0.05) is 12.5 Å². The summed E-state index contributed by atoms with van der Waals surface area (Å²) in [5.41, 5.74) is 2.15. The van der Waals surface area contributed by atoms with Gasteiger partial charge in [-0.05, 0) is 62.1 Å². The van der Waals surface area contributed by atoms with Crippen LogP contribution >= 0.6 is 0 Å². The number of rotatable bonds is 7. The topological polar surface area (TPSA) is 96.0 Å². The van der Waals surface area contributed by atoms with E-state index in [9.17, 15) is 18.0 Å². The lowest BCUT2D eigenvalue weighted by molar-refractivity contribution is -0.125. The Bertz CT molecular complexity index is 1180. The molecule has 0 aromatic heterocycles. The van der Waals surface area contributed by atoms with E-state index in [1.807, 2.05) is 11.8 Å². The lowest BCUT2D eigenvalue weighted by Gasteiger charge is -2.32. The number of carbonyl (C=O) groups is 2. The predicted molar refractivity (Wildman–Crippen MR) is 126 cm³/mol. The summed E-state index contributed by atoms with van der Waals surface area (Å²) in [6.07, 6.45) is 3.54. The third kappa shape index (κ3) is 4.60. The van der Waals surface area contributed by atoms with E-state index >= 15 is 0 Å². The van der Waals surface area contributed by atoms with E-state index in [0.717, 1.165) is 34.8 Å². The number of anilines is 2. The first-order valence-corrected chi connectivity index (χ1v) is 12.5. The molecular weight excluding hydrogens is 442 g/mol. The van der Waals surface area contributed by atoms with E-state index in [0.29, 0.717) is 17.9 Å².